The summed E-state index contributed by atoms with van der Waals surface area (Å²) in [5.74, 6) is 0.388. The summed E-state index contributed by atoms with van der Waals surface area (Å²) in [6.07, 6.45) is 5.55. The van der Waals surface area contributed by atoms with Crippen molar-refractivity contribution in [2.75, 3.05) is 13.7 Å². The number of hydrogen-bond acceptors (Lipinski definition) is 3. The van der Waals surface area contributed by atoms with Crippen molar-refractivity contribution < 1.29 is 9.53 Å². The third kappa shape index (κ3) is 3.42. The van der Waals surface area contributed by atoms with E-state index in [-0.39, 0.29) is 11.8 Å². The molecule has 1 aliphatic heterocycles. The zero-order chi connectivity index (χ0) is 12.3. The van der Waals surface area contributed by atoms with Gasteiger partial charge < -0.3 is 15.4 Å². The monoisotopic (exact) mass is 240 g/mol. The van der Waals surface area contributed by atoms with E-state index in [0.717, 1.165) is 38.6 Å². The van der Waals surface area contributed by atoms with Gasteiger partial charge in [-0.15, -0.1) is 0 Å². The fraction of sp³-hybridized carbons (Fsp3) is 0.923. The first-order valence-electron chi connectivity index (χ1n) is 6.75. The Morgan fingerprint density at radius 3 is 2.71 bits per heavy atom. The topological polar surface area (TPSA) is 50.4 Å². The van der Waals surface area contributed by atoms with Crippen LogP contribution in [0.15, 0.2) is 0 Å². The largest absolute Gasteiger partial charge is 0.381 e. The maximum atomic E-state index is 12.1. The number of ether oxygens (including phenoxy) is 1. The molecule has 0 bridgehead atoms. The maximum Gasteiger partial charge on any atom is 0.224 e. The summed E-state index contributed by atoms with van der Waals surface area (Å²) >= 11 is 0. The van der Waals surface area contributed by atoms with Gasteiger partial charge in [-0.3, -0.25) is 4.79 Å². The van der Waals surface area contributed by atoms with Gasteiger partial charge >= 0.3 is 0 Å². The zero-order valence-corrected chi connectivity index (χ0v) is 10.9. The van der Waals surface area contributed by atoms with E-state index in [1.165, 1.54) is 0 Å². The molecule has 4 heteroatoms. The molecule has 2 N–H and O–H groups in total. The van der Waals surface area contributed by atoms with Crippen molar-refractivity contribution in [2.45, 2.75) is 57.2 Å². The van der Waals surface area contributed by atoms with Gasteiger partial charge in [0.15, 0.2) is 0 Å². The molecular weight excluding hydrogens is 216 g/mol. The summed E-state index contributed by atoms with van der Waals surface area (Å²) in [5, 5.41) is 6.54. The highest BCUT2D eigenvalue weighted by Gasteiger charge is 2.29. The Kier molecular flexibility index (Phi) is 4.40. The molecule has 0 spiro atoms. The Balaban J connectivity index is 1.74. The number of hydrogen-bond donors (Lipinski definition) is 2. The smallest absolute Gasteiger partial charge is 0.224 e. The summed E-state index contributed by atoms with van der Waals surface area (Å²) < 4.78 is 5.32. The number of rotatable bonds is 3. The lowest BCUT2D eigenvalue weighted by Crippen LogP contribution is -2.46. The normalized spacial score (nSPS) is 38.0. The van der Waals surface area contributed by atoms with Gasteiger partial charge in [0.2, 0.25) is 5.91 Å². The second-order valence-corrected chi connectivity index (χ2v) is 5.46. The minimum Gasteiger partial charge on any atom is -0.381 e. The number of carbonyl (C=O) groups excluding carboxylic acids is 1. The molecule has 0 aromatic rings. The first-order valence-corrected chi connectivity index (χ1v) is 6.75. The molecule has 1 amide bonds. The van der Waals surface area contributed by atoms with Crippen LogP contribution in [-0.4, -0.2) is 37.7 Å². The number of methoxy groups -OCH3 is 1. The van der Waals surface area contributed by atoms with Crippen LogP contribution in [0.3, 0.4) is 0 Å². The van der Waals surface area contributed by atoms with Crippen LogP contribution >= 0.6 is 0 Å². The fourth-order valence-electron chi connectivity index (χ4n) is 2.83. The summed E-state index contributed by atoms with van der Waals surface area (Å²) in [7, 11) is 1.75. The summed E-state index contributed by atoms with van der Waals surface area (Å²) in [4.78, 5) is 12.1. The highest BCUT2D eigenvalue weighted by atomic mass is 16.5. The molecule has 1 aliphatic carbocycles. The van der Waals surface area contributed by atoms with Crippen LogP contribution in [0, 0.1) is 5.92 Å². The van der Waals surface area contributed by atoms with E-state index in [0.29, 0.717) is 18.2 Å². The average molecular weight is 240 g/mol. The molecule has 4 atom stereocenters. The van der Waals surface area contributed by atoms with E-state index in [4.69, 9.17) is 4.74 Å². The minimum atomic E-state index is 0.160. The van der Waals surface area contributed by atoms with Crippen molar-refractivity contribution in [1.29, 1.82) is 0 Å². The second kappa shape index (κ2) is 5.83. The number of amides is 1. The summed E-state index contributed by atoms with van der Waals surface area (Å²) in [6.45, 7) is 3.00. The van der Waals surface area contributed by atoms with Gasteiger partial charge in [0, 0.05) is 25.7 Å². The number of carbonyl (C=O) groups is 1. The van der Waals surface area contributed by atoms with Gasteiger partial charge in [0.25, 0.3) is 0 Å². The molecule has 1 heterocycles. The third-order valence-corrected chi connectivity index (χ3v) is 4.10. The molecule has 0 aromatic carbocycles. The van der Waals surface area contributed by atoms with Crippen LogP contribution in [0.4, 0.5) is 0 Å². The molecule has 17 heavy (non-hydrogen) atoms. The first-order chi connectivity index (χ1) is 8.19. The van der Waals surface area contributed by atoms with Gasteiger partial charge in [-0.25, -0.2) is 0 Å². The van der Waals surface area contributed by atoms with Gasteiger partial charge in [-0.2, -0.15) is 0 Å². The van der Waals surface area contributed by atoms with Gasteiger partial charge in [0.05, 0.1) is 12.0 Å². The van der Waals surface area contributed by atoms with E-state index < -0.39 is 0 Å². The fourth-order valence-corrected chi connectivity index (χ4v) is 2.83. The molecule has 2 aliphatic rings. The standard InChI is InChI=1S/C13H24N2O2/c1-9-3-4-10(8-14-9)13(16)15-11-5-6-12(7-11)17-2/h9-12,14H,3-8H2,1-2H3,(H,15,16). The van der Waals surface area contributed by atoms with Crippen molar-refractivity contribution in [3.8, 4) is 0 Å². The Hall–Kier alpha value is -0.610. The van der Waals surface area contributed by atoms with Crippen LogP contribution in [0.25, 0.3) is 0 Å². The van der Waals surface area contributed by atoms with Crippen LogP contribution < -0.4 is 10.6 Å². The van der Waals surface area contributed by atoms with Crippen molar-refractivity contribution in [3.05, 3.63) is 0 Å². The van der Waals surface area contributed by atoms with Crippen molar-refractivity contribution in [2.24, 2.45) is 5.92 Å². The average Bonchev–Trinajstić information content (AvgIpc) is 2.77. The van der Waals surface area contributed by atoms with E-state index in [2.05, 4.69) is 17.6 Å². The van der Waals surface area contributed by atoms with E-state index in [1.807, 2.05) is 0 Å². The minimum absolute atomic E-state index is 0.160. The Morgan fingerprint density at radius 1 is 1.29 bits per heavy atom. The predicted octanol–water partition coefficient (Wildman–Crippen LogP) is 1.06. The van der Waals surface area contributed by atoms with Gasteiger partial charge in [-0.1, -0.05) is 0 Å². The van der Waals surface area contributed by atoms with Crippen LogP contribution in [0.1, 0.15) is 39.0 Å². The second-order valence-electron chi connectivity index (χ2n) is 5.46. The van der Waals surface area contributed by atoms with Gasteiger partial charge in [0.1, 0.15) is 0 Å². The molecular formula is C13H24N2O2. The maximum absolute atomic E-state index is 12.1. The van der Waals surface area contributed by atoms with E-state index in [1.54, 1.807) is 7.11 Å². The van der Waals surface area contributed by atoms with Crippen LogP contribution in [-0.2, 0) is 9.53 Å². The molecule has 2 fully saturated rings. The highest BCUT2D eigenvalue weighted by molar-refractivity contribution is 5.79. The third-order valence-electron chi connectivity index (χ3n) is 4.10. The van der Waals surface area contributed by atoms with E-state index in [9.17, 15) is 4.79 Å². The molecule has 1 saturated heterocycles. The van der Waals surface area contributed by atoms with Crippen LogP contribution in [0.5, 0.6) is 0 Å². The summed E-state index contributed by atoms with van der Waals surface area (Å²) in [6, 6.07) is 0.884. The molecule has 4 nitrogen and oxygen atoms in total. The SMILES string of the molecule is COC1CCC(NC(=O)C2CCC(C)NC2)C1. The van der Waals surface area contributed by atoms with Crippen LogP contribution in [0.2, 0.25) is 0 Å². The molecule has 2 rings (SSSR count). The Morgan fingerprint density at radius 2 is 2.12 bits per heavy atom. The zero-order valence-electron chi connectivity index (χ0n) is 10.9. The predicted molar refractivity (Wildman–Crippen MR) is 66.8 cm³/mol. The number of nitrogens with one attached hydrogen (secondary N) is 2. The lowest BCUT2D eigenvalue weighted by molar-refractivity contribution is -0.126. The van der Waals surface area contributed by atoms with Crippen molar-refractivity contribution in [3.63, 3.8) is 0 Å². The first kappa shape index (κ1) is 12.8. The molecule has 1 saturated carbocycles. The molecule has 0 aromatic heterocycles. The number of piperidine rings is 1. The van der Waals surface area contributed by atoms with Crippen molar-refractivity contribution >= 4 is 5.91 Å². The molecule has 0 radical (unpaired) electrons. The molecule has 98 valence electrons. The lowest BCUT2D eigenvalue weighted by atomic mass is 9.94. The van der Waals surface area contributed by atoms with Crippen molar-refractivity contribution in [1.82, 2.24) is 10.6 Å². The summed E-state index contributed by atoms with van der Waals surface area (Å²) in [5.41, 5.74) is 0. The Labute approximate surface area is 103 Å². The van der Waals surface area contributed by atoms with Gasteiger partial charge in [-0.05, 0) is 39.0 Å². The Bertz CT molecular complexity index is 262. The molecule has 4 unspecified atom stereocenters. The highest BCUT2D eigenvalue weighted by Crippen LogP contribution is 2.22. The van der Waals surface area contributed by atoms with E-state index >= 15 is 0 Å². The quantitative estimate of drug-likeness (QED) is 0.775. The lowest BCUT2D eigenvalue weighted by Gasteiger charge is -2.27.